The monoisotopic (exact) mass is 309 g/mol. The summed E-state index contributed by atoms with van der Waals surface area (Å²) in [6.07, 6.45) is 0.872. The molecule has 0 bridgehead atoms. The Morgan fingerprint density at radius 2 is 2.10 bits per heavy atom. The zero-order valence-corrected chi connectivity index (χ0v) is 13.1. The molecule has 0 atom stereocenters. The molecule has 1 fully saturated rings. The van der Waals surface area contributed by atoms with Crippen molar-refractivity contribution in [2.24, 2.45) is 7.05 Å². The number of aryl methyl sites for hydroxylation is 2. The lowest BCUT2D eigenvalue weighted by Gasteiger charge is -2.43. The van der Waals surface area contributed by atoms with E-state index >= 15 is 0 Å². The summed E-state index contributed by atoms with van der Waals surface area (Å²) in [7, 11) is 1.95. The molecule has 106 valence electrons. The van der Waals surface area contributed by atoms with Crippen LogP contribution in [0, 0.1) is 6.92 Å². The van der Waals surface area contributed by atoms with E-state index in [1.807, 2.05) is 30.8 Å². The summed E-state index contributed by atoms with van der Waals surface area (Å²) in [5, 5.41) is 9.33. The Morgan fingerprint density at radius 1 is 1.35 bits per heavy atom. The number of halogens is 2. The number of hydrogen-bond acceptors (Lipinski definition) is 2. The van der Waals surface area contributed by atoms with Crippen LogP contribution >= 0.6 is 23.2 Å². The van der Waals surface area contributed by atoms with Crippen LogP contribution in [-0.4, -0.2) is 22.9 Å². The highest BCUT2D eigenvalue weighted by Crippen LogP contribution is 2.36. The Bertz CT molecular complexity index is 645. The molecule has 0 saturated carbocycles. The predicted octanol–water partition coefficient (Wildman–Crippen LogP) is 3.12. The van der Waals surface area contributed by atoms with Crippen LogP contribution in [0.4, 0.5) is 0 Å². The standard InChI is InChI=1S/C15H17Cl2N3/c1-10-14(17)13(20(2)19-10)7-15(8-18-9-15)11-4-3-5-12(16)6-11/h3-6,18H,7-9H2,1-2H3. The molecule has 2 heterocycles. The van der Waals surface area contributed by atoms with E-state index in [1.165, 1.54) is 5.56 Å². The maximum atomic E-state index is 6.39. The van der Waals surface area contributed by atoms with Crippen molar-refractivity contribution in [3.05, 3.63) is 51.3 Å². The van der Waals surface area contributed by atoms with Crippen LogP contribution < -0.4 is 5.32 Å². The van der Waals surface area contributed by atoms with Crippen molar-refractivity contribution in [2.45, 2.75) is 18.8 Å². The van der Waals surface area contributed by atoms with Gasteiger partial charge < -0.3 is 5.32 Å². The second-order valence-corrected chi connectivity index (χ2v) is 6.36. The van der Waals surface area contributed by atoms with Crippen molar-refractivity contribution in [3.8, 4) is 0 Å². The molecule has 2 aromatic rings. The fourth-order valence-corrected chi connectivity index (χ4v) is 3.29. The first-order chi connectivity index (χ1) is 9.52. The SMILES string of the molecule is Cc1nn(C)c(CC2(c3cccc(Cl)c3)CNC2)c1Cl. The van der Waals surface area contributed by atoms with Crippen molar-refractivity contribution in [3.63, 3.8) is 0 Å². The number of nitrogens with zero attached hydrogens (tertiary/aromatic N) is 2. The van der Waals surface area contributed by atoms with Gasteiger partial charge >= 0.3 is 0 Å². The van der Waals surface area contributed by atoms with Crippen molar-refractivity contribution in [2.75, 3.05) is 13.1 Å². The molecule has 3 nitrogen and oxygen atoms in total. The Labute approximate surface area is 128 Å². The van der Waals surface area contributed by atoms with Crippen LogP contribution in [0.3, 0.4) is 0 Å². The molecular formula is C15H17Cl2N3. The van der Waals surface area contributed by atoms with Crippen LogP contribution in [-0.2, 0) is 18.9 Å². The molecule has 1 aliphatic rings. The van der Waals surface area contributed by atoms with Crippen LogP contribution in [0.1, 0.15) is 17.0 Å². The van der Waals surface area contributed by atoms with Gasteiger partial charge in [0, 0.05) is 37.0 Å². The predicted molar refractivity (Wildman–Crippen MR) is 82.7 cm³/mol. The molecule has 0 spiro atoms. The summed E-state index contributed by atoms with van der Waals surface area (Å²) < 4.78 is 1.89. The van der Waals surface area contributed by atoms with E-state index in [2.05, 4.69) is 22.5 Å². The van der Waals surface area contributed by atoms with Crippen LogP contribution in [0.2, 0.25) is 10.0 Å². The first-order valence-electron chi connectivity index (χ1n) is 6.67. The highest BCUT2D eigenvalue weighted by molar-refractivity contribution is 6.32. The van der Waals surface area contributed by atoms with E-state index in [9.17, 15) is 0 Å². The zero-order chi connectivity index (χ0) is 14.3. The maximum Gasteiger partial charge on any atom is 0.0847 e. The van der Waals surface area contributed by atoms with Gasteiger partial charge in [0.25, 0.3) is 0 Å². The normalized spacial score (nSPS) is 17.0. The largest absolute Gasteiger partial charge is 0.315 e. The number of hydrogen-bond donors (Lipinski definition) is 1. The van der Waals surface area contributed by atoms with Crippen molar-refractivity contribution in [1.29, 1.82) is 0 Å². The molecular weight excluding hydrogens is 293 g/mol. The molecule has 1 aliphatic heterocycles. The first kappa shape index (κ1) is 13.9. The molecule has 0 radical (unpaired) electrons. The van der Waals surface area contributed by atoms with E-state index in [0.717, 1.165) is 40.9 Å². The summed E-state index contributed by atoms with van der Waals surface area (Å²) in [5.74, 6) is 0. The van der Waals surface area contributed by atoms with Gasteiger partial charge in [0.15, 0.2) is 0 Å². The molecule has 3 rings (SSSR count). The van der Waals surface area contributed by atoms with Crippen LogP contribution in [0.25, 0.3) is 0 Å². The average Bonchev–Trinajstić information content (AvgIpc) is 2.59. The van der Waals surface area contributed by atoms with Gasteiger partial charge in [-0.2, -0.15) is 5.10 Å². The summed E-state index contributed by atoms with van der Waals surface area (Å²) in [6, 6.07) is 8.11. The lowest BCUT2D eigenvalue weighted by atomic mass is 9.72. The second kappa shape index (κ2) is 5.06. The minimum atomic E-state index is 0.0643. The van der Waals surface area contributed by atoms with E-state index in [4.69, 9.17) is 23.2 Å². The fraction of sp³-hybridized carbons (Fsp3) is 0.400. The van der Waals surface area contributed by atoms with E-state index in [1.54, 1.807) is 0 Å². The second-order valence-electron chi connectivity index (χ2n) is 5.54. The van der Waals surface area contributed by atoms with Gasteiger partial charge in [-0.05, 0) is 24.6 Å². The van der Waals surface area contributed by atoms with Gasteiger partial charge in [-0.25, -0.2) is 0 Å². The molecule has 0 aliphatic carbocycles. The highest BCUT2D eigenvalue weighted by Gasteiger charge is 2.40. The maximum absolute atomic E-state index is 6.39. The number of nitrogens with one attached hydrogen (secondary N) is 1. The zero-order valence-electron chi connectivity index (χ0n) is 11.6. The molecule has 1 aromatic carbocycles. The molecule has 0 unspecified atom stereocenters. The number of rotatable bonds is 3. The quantitative estimate of drug-likeness (QED) is 0.944. The van der Waals surface area contributed by atoms with E-state index in [0.29, 0.717) is 0 Å². The smallest absolute Gasteiger partial charge is 0.0847 e. The molecule has 0 amide bonds. The average molecular weight is 310 g/mol. The third-order valence-corrected chi connectivity index (χ3v) is 4.86. The van der Waals surface area contributed by atoms with E-state index < -0.39 is 0 Å². The van der Waals surface area contributed by atoms with E-state index in [-0.39, 0.29) is 5.41 Å². The molecule has 1 N–H and O–H groups in total. The molecule has 5 heteroatoms. The Morgan fingerprint density at radius 3 is 2.60 bits per heavy atom. The Kier molecular flexibility index (Phi) is 3.53. The van der Waals surface area contributed by atoms with Gasteiger partial charge in [0.2, 0.25) is 0 Å². The molecule has 1 aromatic heterocycles. The minimum Gasteiger partial charge on any atom is -0.315 e. The molecule has 20 heavy (non-hydrogen) atoms. The number of aromatic nitrogens is 2. The Hall–Kier alpha value is -1.03. The van der Waals surface area contributed by atoms with Crippen molar-refractivity contribution in [1.82, 2.24) is 15.1 Å². The third kappa shape index (κ3) is 2.24. The number of benzene rings is 1. The third-order valence-electron chi connectivity index (χ3n) is 4.13. The summed E-state index contributed by atoms with van der Waals surface area (Å²) >= 11 is 12.5. The topological polar surface area (TPSA) is 29.9 Å². The van der Waals surface area contributed by atoms with Crippen LogP contribution in [0.5, 0.6) is 0 Å². The molecule has 1 saturated heterocycles. The van der Waals surface area contributed by atoms with Gasteiger partial charge in [-0.3, -0.25) is 4.68 Å². The van der Waals surface area contributed by atoms with Crippen molar-refractivity contribution < 1.29 is 0 Å². The van der Waals surface area contributed by atoms with Gasteiger partial charge in [0.05, 0.1) is 16.4 Å². The summed E-state index contributed by atoms with van der Waals surface area (Å²) in [6.45, 7) is 3.82. The first-order valence-corrected chi connectivity index (χ1v) is 7.42. The lowest BCUT2D eigenvalue weighted by Crippen LogP contribution is -2.58. The fourth-order valence-electron chi connectivity index (χ4n) is 2.87. The minimum absolute atomic E-state index is 0.0643. The van der Waals surface area contributed by atoms with Gasteiger partial charge in [0.1, 0.15) is 0 Å². The summed E-state index contributed by atoms with van der Waals surface area (Å²) in [5.41, 5.74) is 3.30. The summed E-state index contributed by atoms with van der Waals surface area (Å²) in [4.78, 5) is 0. The van der Waals surface area contributed by atoms with Crippen LogP contribution in [0.15, 0.2) is 24.3 Å². The van der Waals surface area contributed by atoms with Gasteiger partial charge in [-0.15, -0.1) is 0 Å². The van der Waals surface area contributed by atoms with Crippen molar-refractivity contribution >= 4 is 23.2 Å². The lowest BCUT2D eigenvalue weighted by molar-refractivity contribution is 0.270. The van der Waals surface area contributed by atoms with Gasteiger partial charge in [-0.1, -0.05) is 35.3 Å². The highest BCUT2D eigenvalue weighted by atomic mass is 35.5. The Balaban J connectivity index is 1.98.